The molecule has 34 heavy (non-hydrogen) atoms. The van der Waals surface area contributed by atoms with Crippen LogP contribution >= 0.6 is 23.4 Å². The van der Waals surface area contributed by atoms with Crippen LogP contribution in [0.2, 0.25) is 5.02 Å². The fourth-order valence-corrected chi connectivity index (χ4v) is 4.58. The van der Waals surface area contributed by atoms with Crippen molar-refractivity contribution in [3.63, 3.8) is 0 Å². The first-order valence-corrected chi connectivity index (χ1v) is 11.9. The summed E-state index contributed by atoms with van der Waals surface area (Å²) >= 11 is 7.42. The van der Waals surface area contributed by atoms with Crippen molar-refractivity contribution in [3.05, 3.63) is 98.4 Å². The standard InChI is InChI=1S/C27H24ClNO4S/c1-17-4-8-19(9-5-17)15-29-26(30)24(34-27(29)31)14-21-12-22(28)25(23(13-21)32-3)33-16-20-10-6-18(2)7-11-20/h4-14H,15-16H2,1-3H3/b24-14-. The lowest BCUT2D eigenvalue weighted by Crippen LogP contribution is -2.27. The fourth-order valence-electron chi connectivity index (χ4n) is 3.47. The molecule has 174 valence electrons. The third kappa shape index (κ3) is 5.46. The van der Waals surface area contributed by atoms with Gasteiger partial charge in [0.1, 0.15) is 6.61 Å². The number of benzene rings is 3. The van der Waals surface area contributed by atoms with Crippen molar-refractivity contribution in [2.75, 3.05) is 7.11 Å². The molecule has 1 aliphatic heterocycles. The third-order valence-electron chi connectivity index (χ3n) is 5.39. The van der Waals surface area contributed by atoms with E-state index in [-0.39, 0.29) is 17.7 Å². The molecule has 1 aliphatic rings. The van der Waals surface area contributed by atoms with Gasteiger partial charge in [-0.25, -0.2) is 0 Å². The highest BCUT2D eigenvalue weighted by Gasteiger charge is 2.35. The molecule has 3 aromatic carbocycles. The van der Waals surface area contributed by atoms with Crippen molar-refractivity contribution in [2.24, 2.45) is 0 Å². The quantitative estimate of drug-likeness (QED) is 0.339. The molecule has 0 aliphatic carbocycles. The van der Waals surface area contributed by atoms with E-state index in [1.165, 1.54) is 17.6 Å². The smallest absolute Gasteiger partial charge is 0.293 e. The number of hydrogen-bond acceptors (Lipinski definition) is 5. The van der Waals surface area contributed by atoms with Gasteiger partial charge in [-0.2, -0.15) is 0 Å². The molecule has 0 atom stereocenters. The predicted octanol–water partition coefficient (Wildman–Crippen LogP) is 6.78. The first-order chi connectivity index (χ1) is 16.3. The molecular weight excluding hydrogens is 470 g/mol. The average molecular weight is 494 g/mol. The molecule has 1 fully saturated rings. The molecule has 7 heteroatoms. The maximum absolute atomic E-state index is 12.9. The molecule has 4 rings (SSSR count). The van der Waals surface area contributed by atoms with Crippen molar-refractivity contribution >= 4 is 40.6 Å². The van der Waals surface area contributed by atoms with Gasteiger partial charge in [0, 0.05) is 0 Å². The Morgan fingerprint density at radius 2 is 1.56 bits per heavy atom. The van der Waals surface area contributed by atoms with Crippen LogP contribution in [0.5, 0.6) is 11.5 Å². The molecule has 0 saturated carbocycles. The molecule has 1 saturated heterocycles. The van der Waals surface area contributed by atoms with Gasteiger partial charge < -0.3 is 9.47 Å². The number of halogens is 1. The zero-order valence-electron chi connectivity index (χ0n) is 19.1. The van der Waals surface area contributed by atoms with Gasteiger partial charge in [-0.3, -0.25) is 14.5 Å². The average Bonchev–Trinajstić information content (AvgIpc) is 3.07. The van der Waals surface area contributed by atoms with Crippen LogP contribution < -0.4 is 9.47 Å². The van der Waals surface area contributed by atoms with Crippen molar-refractivity contribution in [1.82, 2.24) is 4.90 Å². The minimum atomic E-state index is -0.328. The van der Waals surface area contributed by atoms with Gasteiger partial charge in [0.25, 0.3) is 11.1 Å². The number of hydrogen-bond donors (Lipinski definition) is 0. The number of carbonyl (C=O) groups excluding carboxylic acids is 2. The summed E-state index contributed by atoms with van der Waals surface area (Å²) in [5.41, 5.74) is 4.84. The van der Waals surface area contributed by atoms with E-state index in [9.17, 15) is 9.59 Å². The van der Waals surface area contributed by atoms with Gasteiger partial charge in [0.2, 0.25) is 0 Å². The molecular formula is C27H24ClNO4S. The molecule has 2 amide bonds. The summed E-state index contributed by atoms with van der Waals surface area (Å²) in [6, 6.07) is 19.2. The summed E-state index contributed by atoms with van der Waals surface area (Å²) in [5, 5.41) is 0.0598. The maximum atomic E-state index is 12.9. The van der Waals surface area contributed by atoms with Gasteiger partial charge in [-0.15, -0.1) is 0 Å². The third-order valence-corrected chi connectivity index (χ3v) is 6.58. The molecule has 5 nitrogen and oxygen atoms in total. The highest BCUT2D eigenvalue weighted by Crippen LogP contribution is 2.39. The van der Waals surface area contributed by atoms with E-state index in [0.717, 1.165) is 28.5 Å². The highest BCUT2D eigenvalue weighted by molar-refractivity contribution is 8.18. The van der Waals surface area contributed by atoms with E-state index in [0.29, 0.717) is 33.6 Å². The molecule has 1 heterocycles. The molecule has 0 bridgehead atoms. The van der Waals surface area contributed by atoms with E-state index >= 15 is 0 Å². The number of nitrogens with zero attached hydrogens (tertiary/aromatic N) is 1. The second kappa shape index (κ2) is 10.4. The van der Waals surface area contributed by atoms with Gasteiger partial charge in [0.05, 0.1) is 23.6 Å². The van der Waals surface area contributed by atoms with Crippen LogP contribution in [0.3, 0.4) is 0 Å². The minimum Gasteiger partial charge on any atom is -0.493 e. The van der Waals surface area contributed by atoms with E-state index in [2.05, 4.69) is 0 Å². The zero-order chi connectivity index (χ0) is 24.2. The van der Waals surface area contributed by atoms with Crippen LogP contribution in [0, 0.1) is 13.8 Å². The van der Waals surface area contributed by atoms with Crippen LogP contribution in [0.1, 0.15) is 27.8 Å². The molecule has 0 aromatic heterocycles. The number of aryl methyl sites for hydroxylation is 2. The van der Waals surface area contributed by atoms with E-state index in [1.54, 1.807) is 18.2 Å². The topological polar surface area (TPSA) is 55.8 Å². The van der Waals surface area contributed by atoms with Gasteiger partial charge in [-0.1, -0.05) is 71.3 Å². The van der Waals surface area contributed by atoms with Crippen LogP contribution in [0.25, 0.3) is 6.08 Å². The number of methoxy groups -OCH3 is 1. The predicted molar refractivity (Wildman–Crippen MR) is 136 cm³/mol. The Morgan fingerprint density at radius 1 is 0.941 bits per heavy atom. The Labute approximate surface area is 208 Å². The van der Waals surface area contributed by atoms with E-state index < -0.39 is 0 Å². The lowest BCUT2D eigenvalue weighted by Gasteiger charge is -2.14. The van der Waals surface area contributed by atoms with Crippen LogP contribution in [-0.4, -0.2) is 23.2 Å². The first-order valence-electron chi connectivity index (χ1n) is 10.7. The summed E-state index contributed by atoms with van der Waals surface area (Å²) in [6.45, 7) is 4.59. The number of thioether (sulfide) groups is 1. The first kappa shape index (κ1) is 23.9. The molecule has 3 aromatic rings. The van der Waals surface area contributed by atoms with Crippen LogP contribution in [0.4, 0.5) is 4.79 Å². The lowest BCUT2D eigenvalue weighted by atomic mass is 10.1. The molecule has 0 spiro atoms. The van der Waals surface area contributed by atoms with Crippen LogP contribution in [0.15, 0.2) is 65.6 Å². The molecule has 0 unspecified atom stereocenters. The number of carbonyl (C=O) groups is 2. The SMILES string of the molecule is COc1cc(/C=C2\SC(=O)N(Cc3ccc(C)cc3)C2=O)cc(Cl)c1OCc1ccc(C)cc1. The Bertz CT molecular complexity index is 1250. The Balaban J connectivity index is 1.52. The van der Waals surface area contributed by atoms with Crippen molar-refractivity contribution in [1.29, 1.82) is 0 Å². The van der Waals surface area contributed by atoms with E-state index in [4.69, 9.17) is 21.1 Å². The zero-order valence-corrected chi connectivity index (χ0v) is 20.7. The number of ether oxygens (including phenoxy) is 2. The Kier molecular flexibility index (Phi) is 7.29. The largest absolute Gasteiger partial charge is 0.493 e. The van der Waals surface area contributed by atoms with Crippen LogP contribution in [-0.2, 0) is 17.9 Å². The summed E-state index contributed by atoms with van der Waals surface area (Å²) in [7, 11) is 1.53. The van der Waals surface area contributed by atoms with Gasteiger partial charge in [-0.05, 0) is 60.5 Å². The van der Waals surface area contributed by atoms with Gasteiger partial charge >= 0.3 is 0 Å². The summed E-state index contributed by atoms with van der Waals surface area (Å²) in [6.07, 6.45) is 1.65. The normalized spacial score (nSPS) is 14.7. The number of rotatable bonds is 7. The van der Waals surface area contributed by atoms with Gasteiger partial charge in [0.15, 0.2) is 11.5 Å². The van der Waals surface area contributed by atoms with Crippen molar-refractivity contribution in [2.45, 2.75) is 27.0 Å². The maximum Gasteiger partial charge on any atom is 0.293 e. The Hall–Kier alpha value is -3.22. The Morgan fingerprint density at radius 3 is 2.18 bits per heavy atom. The van der Waals surface area contributed by atoms with E-state index in [1.807, 2.05) is 62.4 Å². The summed E-state index contributed by atoms with van der Waals surface area (Å²) < 4.78 is 11.4. The van der Waals surface area contributed by atoms with Crippen molar-refractivity contribution in [3.8, 4) is 11.5 Å². The minimum absolute atomic E-state index is 0.234. The fraction of sp³-hybridized carbons (Fsp3) is 0.185. The molecule has 0 N–H and O–H groups in total. The monoisotopic (exact) mass is 493 g/mol. The second-order valence-corrected chi connectivity index (χ2v) is 9.46. The summed E-state index contributed by atoms with van der Waals surface area (Å²) in [4.78, 5) is 27.0. The second-order valence-electron chi connectivity index (χ2n) is 8.06. The lowest BCUT2D eigenvalue weighted by molar-refractivity contribution is -0.123. The molecule has 0 radical (unpaired) electrons. The highest BCUT2D eigenvalue weighted by atomic mass is 35.5. The summed E-state index contributed by atoms with van der Waals surface area (Å²) in [5.74, 6) is 0.546. The number of amides is 2. The van der Waals surface area contributed by atoms with Crippen molar-refractivity contribution < 1.29 is 19.1 Å². The number of imide groups is 1.